The predicted molar refractivity (Wildman–Crippen MR) is 171 cm³/mol. The Labute approximate surface area is 291 Å². The van der Waals surface area contributed by atoms with Crippen LogP contribution < -0.4 is 10.4 Å². The van der Waals surface area contributed by atoms with Crippen LogP contribution >= 0.6 is 10.2 Å². The molecule has 0 saturated carbocycles. The van der Waals surface area contributed by atoms with E-state index in [1.165, 1.54) is 13.1 Å². The van der Waals surface area contributed by atoms with Gasteiger partial charge in [-0.1, -0.05) is 19.4 Å². The van der Waals surface area contributed by atoms with Crippen LogP contribution in [-0.4, -0.2) is 19.9 Å². The monoisotopic (exact) mass is 748 g/mol. The first-order valence-electron chi connectivity index (χ1n) is 14.7. The molecule has 2 aliphatic carbocycles. The smallest absolute Gasteiger partial charge is 0.256 e. The molecule has 2 aromatic heterocycles. The SMILES string of the molecule is [C-]#[N+]/C(C#N)=c1/c2c(/c(=C(\C#N)[N+]#[C-])c3c1-c1nc(-c4cc(F)c(C)c(F)c4)cnc1C3)-c1nc(-c3cc(F)c(S(F)(F)(F)(F)F)c(F)c3)cnc1C2. The third-order valence-corrected chi connectivity index (χ3v) is 9.89. The first kappa shape index (κ1) is 34.7. The van der Waals surface area contributed by atoms with E-state index in [-0.39, 0.29) is 97.3 Å². The third-order valence-electron chi connectivity index (χ3n) is 8.73. The number of aromatic nitrogens is 4. The second kappa shape index (κ2) is 10.9. The summed E-state index contributed by atoms with van der Waals surface area (Å²) >= 11 is 0. The number of fused-ring (bicyclic) bond motifs is 6. The summed E-state index contributed by atoms with van der Waals surface area (Å²) < 4.78 is 125. The molecule has 53 heavy (non-hydrogen) atoms. The van der Waals surface area contributed by atoms with E-state index in [1.807, 2.05) is 6.07 Å². The fourth-order valence-electron chi connectivity index (χ4n) is 6.50. The molecule has 0 atom stereocenters. The summed E-state index contributed by atoms with van der Waals surface area (Å²) in [7, 11) is -10.8. The number of hydrogen-bond acceptors (Lipinski definition) is 6. The van der Waals surface area contributed by atoms with Gasteiger partial charge < -0.3 is 0 Å². The maximum absolute atomic E-state index is 14.6. The lowest BCUT2D eigenvalue weighted by Gasteiger charge is -2.40. The maximum Gasteiger partial charge on any atom is 0.315 e. The third kappa shape index (κ3) is 5.39. The van der Waals surface area contributed by atoms with Crippen molar-refractivity contribution in [1.29, 1.82) is 10.5 Å². The quantitative estimate of drug-likeness (QED) is 0.133. The van der Waals surface area contributed by atoms with Gasteiger partial charge in [-0.2, -0.15) is 0 Å². The van der Waals surface area contributed by atoms with Gasteiger partial charge >= 0.3 is 10.2 Å². The van der Waals surface area contributed by atoms with Gasteiger partial charge in [0.15, 0.2) is 4.90 Å². The zero-order valence-corrected chi connectivity index (χ0v) is 27.1. The van der Waals surface area contributed by atoms with Crippen LogP contribution in [0, 0.1) is 66.0 Å². The van der Waals surface area contributed by atoms with Crippen LogP contribution in [0.1, 0.15) is 28.1 Å². The van der Waals surface area contributed by atoms with Crippen LogP contribution in [0.5, 0.6) is 0 Å². The Kier molecular flexibility index (Phi) is 7.11. The highest BCUT2D eigenvalue weighted by Gasteiger charge is 2.69. The highest BCUT2D eigenvalue weighted by atomic mass is 32.5. The highest BCUT2D eigenvalue weighted by molar-refractivity contribution is 8.45. The first-order chi connectivity index (χ1) is 24.8. The molecule has 2 heterocycles. The number of nitriles is 2. The highest BCUT2D eigenvalue weighted by Crippen LogP contribution is 3.02. The molecule has 0 N–H and O–H groups in total. The molecule has 5 aromatic rings. The van der Waals surface area contributed by atoms with Gasteiger partial charge in [0.2, 0.25) is 0 Å². The van der Waals surface area contributed by atoms with Crippen LogP contribution in [0.3, 0.4) is 0 Å². The van der Waals surface area contributed by atoms with Gasteiger partial charge in [-0.15, -0.1) is 0 Å². The topological polar surface area (TPSA) is 108 Å². The second-order valence-electron chi connectivity index (χ2n) is 11.9. The number of nitrogens with zero attached hydrogens (tertiary/aromatic N) is 8. The van der Waals surface area contributed by atoms with Gasteiger partial charge in [-0.25, -0.2) is 47.7 Å². The molecule has 7 rings (SSSR count). The number of rotatable bonds is 3. The van der Waals surface area contributed by atoms with Crippen molar-refractivity contribution in [3.8, 4) is 57.2 Å². The average molecular weight is 749 g/mol. The van der Waals surface area contributed by atoms with E-state index in [4.69, 9.17) is 13.1 Å². The van der Waals surface area contributed by atoms with Crippen LogP contribution in [0.15, 0.2) is 41.6 Å². The Morgan fingerprint density at radius 3 is 1.40 bits per heavy atom. The van der Waals surface area contributed by atoms with Crippen LogP contribution in [-0.2, 0) is 12.8 Å². The number of halogens is 9. The minimum Gasteiger partial charge on any atom is -0.256 e. The van der Waals surface area contributed by atoms with Gasteiger partial charge in [-0.05, 0) is 42.3 Å². The lowest BCUT2D eigenvalue weighted by atomic mass is 9.92. The van der Waals surface area contributed by atoms with Crippen molar-refractivity contribution in [3.63, 3.8) is 0 Å². The Hall–Kier alpha value is -6.76. The molecule has 0 bridgehead atoms. The Bertz CT molecular complexity index is 2810. The van der Waals surface area contributed by atoms with E-state index in [0.29, 0.717) is 0 Å². The Balaban J connectivity index is 1.54. The fourth-order valence-corrected chi connectivity index (χ4v) is 7.35. The standard InChI is InChI=1S/C35H13F9N8S/c1-14-19(36)4-15(5-20(14)37)27-12-49-23-8-17-30(26(11-46)48-3)32-18(29(25(10-45)47-2)31(17)33(23)51-27)9-24-34(32)52-28(13-50-24)16-6-21(38)35(22(39)7-16)53(40,41,42,43)44/h4-7,12-13H,8-9H2,1H3/b29-25-,30-26+. The predicted octanol–water partition coefficient (Wildman–Crippen LogP) is 8.37. The first-order valence-corrected chi connectivity index (χ1v) is 16.7. The molecule has 8 nitrogen and oxygen atoms in total. The Morgan fingerprint density at radius 2 is 1.06 bits per heavy atom. The molecule has 18 heteroatoms. The van der Waals surface area contributed by atoms with Crippen molar-refractivity contribution >= 4 is 21.6 Å². The Morgan fingerprint density at radius 1 is 0.679 bits per heavy atom. The van der Waals surface area contributed by atoms with Gasteiger partial charge in [0.25, 0.3) is 11.4 Å². The molecular weight excluding hydrogens is 735 g/mol. The molecule has 0 spiro atoms. The molecule has 2 aliphatic rings. The largest absolute Gasteiger partial charge is 0.315 e. The molecule has 0 fully saturated rings. The van der Waals surface area contributed by atoms with Crippen molar-refractivity contribution < 1.29 is 37.0 Å². The molecule has 0 unspecified atom stereocenters. The van der Waals surface area contributed by atoms with Crippen molar-refractivity contribution in [2.45, 2.75) is 24.7 Å². The van der Waals surface area contributed by atoms with Gasteiger partial charge in [-0.3, -0.25) is 9.97 Å². The molecular formula is C35H13F9N8S. The average Bonchev–Trinajstić information content (AvgIpc) is 3.65. The van der Waals surface area contributed by atoms with Gasteiger partial charge in [0, 0.05) is 51.1 Å². The summed E-state index contributed by atoms with van der Waals surface area (Å²) in [6, 6.07) is 5.71. The molecule has 0 amide bonds. The minimum absolute atomic E-state index is 0.00489. The van der Waals surface area contributed by atoms with Crippen molar-refractivity contribution in [2.75, 3.05) is 0 Å². The summed E-state index contributed by atoms with van der Waals surface area (Å²) in [6.07, 6.45) is 1.79. The van der Waals surface area contributed by atoms with Crippen molar-refractivity contribution in [1.82, 2.24) is 19.9 Å². The molecule has 0 aliphatic heterocycles. The molecule has 262 valence electrons. The van der Waals surface area contributed by atoms with E-state index in [0.717, 1.165) is 18.3 Å². The number of benzene rings is 3. The van der Waals surface area contributed by atoms with Crippen LogP contribution in [0.4, 0.5) is 37.0 Å². The number of hydrogen-bond donors (Lipinski definition) is 0. The summed E-state index contributed by atoms with van der Waals surface area (Å²) in [5.74, 6) is -6.93. The fraction of sp³-hybridized carbons (Fsp3) is 0.0857. The maximum atomic E-state index is 14.6. The lowest BCUT2D eigenvalue weighted by Crippen LogP contribution is -2.26. The van der Waals surface area contributed by atoms with Crippen molar-refractivity contribution in [2.24, 2.45) is 0 Å². The summed E-state index contributed by atoms with van der Waals surface area (Å²) in [5, 5.41) is 20.1. The van der Waals surface area contributed by atoms with E-state index < -0.39 is 61.0 Å². The van der Waals surface area contributed by atoms with Crippen LogP contribution in [0.2, 0.25) is 0 Å². The van der Waals surface area contributed by atoms with E-state index in [2.05, 4.69) is 29.6 Å². The van der Waals surface area contributed by atoms with Gasteiger partial charge in [0.05, 0.1) is 71.8 Å². The van der Waals surface area contributed by atoms with Gasteiger partial charge in [0.1, 0.15) is 23.3 Å². The summed E-state index contributed by atoms with van der Waals surface area (Å²) in [5.41, 5.74) is -1.74. The second-order valence-corrected chi connectivity index (χ2v) is 14.2. The molecule has 3 aromatic carbocycles. The minimum atomic E-state index is -10.8. The van der Waals surface area contributed by atoms with E-state index in [1.54, 1.807) is 6.07 Å². The van der Waals surface area contributed by atoms with E-state index in [9.17, 15) is 47.5 Å². The normalized spacial score (nSPS) is 14.9. The van der Waals surface area contributed by atoms with Crippen molar-refractivity contribution in [3.05, 3.63) is 121 Å². The summed E-state index contributed by atoms with van der Waals surface area (Å²) in [6.45, 7) is 16.8. The van der Waals surface area contributed by atoms with Crippen LogP contribution in [0.25, 0.3) is 66.1 Å². The zero-order valence-electron chi connectivity index (χ0n) is 26.3. The summed E-state index contributed by atoms with van der Waals surface area (Å²) in [4.78, 5) is 21.0. The van der Waals surface area contributed by atoms with E-state index >= 15 is 0 Å². The zero-order chi connectivity index (χ0) is 38.4. The lowest BCUT2D eigenvalue weighted by molar-refractivity contribution is 0.345. The molecule has 0 saturated heterocycles. The molecule has 0 radical (unpaired) electrons.